The summed E-state index contributed by atoms with van der Waals surface area (Å²) in [6.07, 6.45) is 1.75. The highest BCUT2D eigenvalue weighted by Gasteiger charge is 2.20. The van der Waals surface area contributed by atoms with E-state index in [0.29, 0.717) is 17.3 Å². The lowest BCUT2D eigenvalue weighted by Gasteiger charge is -2.26. The van der Waals surface area contributed by atoms with Gasteiger partial charge in [0.15, 0.2) is 23.0 Å². The van der Waals surface area contributed by atoms with Crippen molar-refractivity contribution in [1.82, 2.24) is 29.0 Å². The average molecular weight is 437 g/mol. The lowest BCUT2D eigenvalue weighted by molar-refractivity contribution is 0.0364. The number of ether oxygens (including phenoxy) is 3. The van der Waals surface area contributed by atoms with E-state index in [1.807, 2.05) is 18.2 Å². The fourth-order valence-electron chi connectivity index (χ4n) is 4.37. The number of benzene rings is 1. The molecule has 3 aromatic heterocycles. The Kier molecular flexibility index (Phi) is 5.44. The van der Waals surface area contributed by atoms with Gasteiger partial charge < -0.3 is 18.8 Å². The molecule has 1 fully saturated rings. The van der Waals surface area contributed by atoms with Crippen molar-refractivity contribution in [2.75, 3.05) is 47.1 Å². The summed E-state index contributed by atoms with van der Waals surface area (Å²) in [5, 5.41) is 5.73. The van der Waals surface area contributed by atoms with E-state index in [2.05, 4.69) is 28.4 Å². The van der Waals surface area contributed by atoms with Crippen molar-refractivity contribution in [2.45, 2.75) is 20.4 Å². The third-order valence-corrected chi connectivity index (χ3v) is 6.33. The molecule has 0 spiro atoms. The molecule has 0 unspecified atom stereocenters. The topological polar surface area (TPSA) is 78.9 Å². The van der Waals surface area contributed by atoms with Crippen LogP contribution in [0, 0.1) is 13.8 Å². The minimum absolute atomic E-state index is 0.623. The summed E-state index contributed by atoms with van der Waals surface area (Å²) in [4.78, 5) is 12.1. The van der Waals surface area contributed by atoms with Crippen molar-refractivity contribution in [3.8, 4) is 22.9 Å². The molecule has 9 heteroatoms. The lowest BCUT2D eigenvalue weighted by Crippen LogP contribution is -2.38. The predicted octanol–water partition coefficient (Wildman–Crippen LogP) is 2.71. The van der Waals surface area contributed by atoms with E-state index in [-0.39, 0.29) is 0 Å². The maximum Gasteiger partial charge on any atom is 0.182 e. The van der Waals surface area contributed by atoms with Crippen LogP contribution in [0.5, 0.6) is 11.5 Å². The van der Waals surface area contributed by atoms with E-state index in [0.717, 1.165) is 61.6 Å². The van der Waals surface area contributed by atoms with Crippen molar-refractivity contribution in [1.29, 1.82) is 0 Å². The molecule has 32 heavy (non-hydrogen) atoms. The van der Waals surface area contributed by atoms with Gasteiger partial charge >= 0.3 is 0 Å². The van der Waals surface area contributed by atoms with E-state index in [9.17, 15) is 0 Å². The fourth-order valence-corrected chi connectivity index (χ4v) is 4.37. The Morgan fingerprint density at radius 2 is 1.78 bits per heavy atom. The zero-order chi connectivity index (χ0) is 22.2. The standard InChI is InChI=1S/C23H28N6O3/c1-15-16(2)28(8-7-27-9-11-32-12-10-27)22-20(15)23-25-21(26-29(23)14-24-22)17-5-6-18(30-3)19(13-17)31-4/h5-6,13-14H,7-12H2,1-4H3. The Hall–Kier alpha value is -3.17. The number of hydrogen-bond donors (Lipinski definition) is 0. The van der Waals surface area contributed by atoms with Crippen LogP contribution in [-0.4, -0.2) is 76.1 Å². The van der Waals surface area contributed by atoms with Crippen LogP contribution in [0.4, 0.5) is 0 Å². The van der Waals surface area contributed by atoms with Gasteiger partial charge in [-0.2, -0.15) is 0 Å². The van der Waals surface area contributed by atoms with Crippen molar-refractivity contribution < 1.29 is 14.2 Å². The normalized spacial score (nSPS) is 15.0. The molecule has 1 aliphatic heterocycles. The number of rotatable bonds is 6. The zero-order valence-corrected chi connectivity index (χ0v) is 19.0. The smallest absolute Gasteiger partial charge is 0.182 e. The highest BCUT2D eigenvalue weighted by Crippen LogP contribution is 2.32. The molecule has 0 radical (unpaired) electrons. The Morgan fingerprint density at radius 3 is 2.53 bits per heavy atom. The SMILES string of the molecule is COc1ccc(-c2nc3c4c(C)c(C)n(CCN5CCOCC5)c4ncn3n2)cc1OC. The molecule has 9 nitrogen and oxygen atoms in total. The second kappa shape index (κ2) is 8.40. The van der Waals surface area contributed by atoms with Gasteiger partial charge in [-0.25, -0.2) is 14.5 Å². The monoisotopic (exact) mass is 436 g/mol. The molecular formula is C23H28N6O3. The first kappa shape index (κ1) is 20.7. The van der Waals surface area contributed by atoms with Crippen LogP contribution in [0.3, 0.4) is 0 Å². The molecule has 1 saturated heterocycles. The van der Waals surface area contributed by atoms with Crippen molar-refractivity contribution in [2.24, 2.45) is 0 Å². The molecule has 0 amide bonds. The Bertz CT molecular complexity index is 1270. The van der Waals surface area contributed by atoms with Crippen LogP contribution < -0.4 is 9.47 Å². The number of morpholine rings is 1. The van der Waals surface area contributed by atoms with Gasteiger partial charge in [-0.05, 0) is 37.6 Å². The summed E-state index contributed by atoms with van der Waals surface area (Å²) in [5.41, 5.74) is 5.02. The van der Waals surface area contributed by atoms with E-state index in [1.54, 1.807) is 25.1 Å². The quantitative estimate of drug-likeness (QED) is 0.460. The summed E-state index contributed by atoms with van der Waals surface area (Å²) < 4.78 is 20.3. The summed E-state index contributed by atoms with van der Waals surface area (Å²) >= 11 is 0. The molecule has 0 aliphatic carbocycles. The second-order valence-electron chi connectivity index (χ2n) is 8.03. The second-order valence-corrected chi connectivity index (χ2v) is 8.03. The molecule has 4 aromatic rings. The van der Waals surface area contributed by atoms with Crippen LogP contribution in [0.2, 0.25) is 0 Å². The van der Waals surface area contributed by atoms with Crippen molar-refractivity contribution in [3.05, 3.63) is 35.8 Å². The van der Waals surface area contributed by atoms with Crippen LogP contribution in [0.25, 0.3) is 28.1 Å². The minimum Gasteiger partial charge on any atom is -0.493 e. The highest BCUT2D eigenvalue weighted by molar-refractivity contribution is 5.94. The van der Waals surface area contributed by atoms with Crippen molar-refractivity contribution in [3.63, 3.8) is 0 Å². The number of fused-ring (bicyclic) bond motifs is 3. The van der Waals surface area contributed by atoms with Gasteiger partial charge in [0.25, 0.3) is 0 Å². The van der Waals surface area contributed by atoms with Crippen LogP contribution >= 0.6 is 0 Å². The van der Waals surface area contributed by atoms with Crippen molar-refractivity contribution >= 4 is 16.7 Å². The molecule has 0 atom stereocenters. The van der Waals surface area contributed by atoms with Gasteiger partial charge in [-0.1, -0.05) is 0 Å². The summed E-state index contributed by atoms with van der Waals surface area (Å²) in [6, 6.07) is 5.70. The van der Waals surface area contributed by atoms with E-state index in [4.69, 9.17) is 24.2 Å². The van der Waals surface area contributed by atoms with Crippen LogP contribution in [-0.2, 0) is 11.3 Å². The number of hydrogen-bond acceptors (Lipinski definition) is 7. The first-order valence-corrected chi connectivity index (χ1v) is 10.8. The molecule has 0 N–H and O–H groups in total. The number of methoxy groups -OCH3 is 2. The number of nitrogens with zero attached hydrogens (tertiary/aromatic N) is 6. The van der Waals surface area contributed by atoms with Crippen LogP contribution in [0.15, 0.2) is 24.5 Å². The summed E-state index contributed by atoms with van der Waals surface area (Å²) in [5.74, 6) is 1.94. The van der Waals surface area contributed by atoms with Gasteiger partial charge in [0.1, 0.15) is 12.0 Å². The molecule has 5 rings (SSSR count). The first-order valence-electron chi connectivity index (χ1n) is 10.8. The fraction of sp³-hybridized carbons (Fsp3) is 0.435. The van der Waals surface area contributed by atoms with Gasteiger partial charge in [-0.15, -0.1) is 5.10 Å². The molecule has 1 aliphatic rings. The Morgan fingerprint density at radius 1 is 1.00 bits per heavy atom. The predicted molar refractivity (Wildman–Crippen MR) is 122 cm³/mol. The molecule has 168 valence electrons. The van der Waals surface area contributed by atoms with E-state index in [1.165, 1.54) is 11.3 Å². The Balaban J connectivity index is 1.54. The first-order chi connectivity index (χ1) is 15.6. The molecule has 4 heterocycles. The van der Waals surface area contributed by atoms with Gasteiger partial charge in [-0.3, -0.25) is 4.90 Å². The third kappa shape index (κ3) is 3.47. The van der Waals surface area contributed by atoms with Gasteiger partial charge in [0.2, 0.25) is 0 Å². The maximum atomic E-state index is 5.47. The number of aromatic nitrogens is 5. The van der Waals surface area contributed by atoms with Crippen LogP contribution in [0.1, 0.15) is 11.3 Å². The third-order valence-electron chi connectivity index (χ3n) is 6.33. The maximum absolute atomic E-state index is 5.47. The Labute approximate surface area is 186 Å². The largest absolute Gasteiger partial charge is 0.493 e. The molecule has 1 aromatic carbocycles. The van der Waals surface area contributed by atoms with E-state index < -0.39 is 0 Å². The lowest BCUT2D eigenvalue weighted by atomic mass is 10.2. The molecule has 0 saturated carbocycles. The van der Waals surface area contributed by atoms with Gasteiger partial charge in [0.05, 0.1) is 32.8 Å². The average Bonchev–Trinajstić information content (AvgIpc) is 3.37. The van der Waals surface area contributed by atoms with Gasteiger partial charge in [0, 0.05) is 37.4 Å². The summed E-state index contributed by atoms with van der Waals surface area (Å²) in [7, 11) is 3.25. The minimum atomic E-state index is 0.623. The molecule has 0 bridgehead atoms. The molecular weight excluding hydrogens is 408 g/mol. The van der Waals surface area contributed by atoms with E-state index >= 15 is 0 Å². The summed E-state index contributed by atoms with van der Waals surface area (Å²) in [6.45, 7) is 9.72. The zero-order valence-electron chi connectivity index (χ0n) is 19.0. The highest BCUT2D eigenvalue weighted by atomic mass is 16.5. The number of aryl methyl sites for hydroxylation is 1.